The highest BCUT2D eigenvalue weighted by atomic mass is 35.5. The van der Waals surface area contributed by atoms with E-state index in [0.717, 1.165) is 0 Å². The molecule has 0 amide bonds. The molecule has 0 unspecified atom stereocenters. The molecule has 1 aromatic rings. The van der Waals surface area contributed by atoms with Crippen LogP contribution in [0.1, 0.15) is 13.3 Å². The molecule has 0 atom stereocenters. The fraction of sp³-hybridized carbons (Fsp3) is 0.333. The van der Waals surface area contributed by atoms with E-state index in [1.54, 1.807) is 6.92 Å². The number of hydrogen-bond acceptors (Lipinski definition) is 4. The molecule has 1 rings (SSSR count). The second-order valence-corrected chi connectivity index (χ2v) is 4.42. The van der Waals surface area contributed by atoms with Gasteiger partial charge in [-0.15, -0.1) is 0 Å². The minimum atomic E-state index is -3.95. The summed E-state index contributed by atoms with van der Waals surface area (Å²) >= 11 is 5.63. The highest BCUT2D eigenvalue weighted by Crippen LogP contribution is 2.17. The number of rotatable bonds is 5. The first-order chi connectivity index (χ1) is 7.03. The van der Waals surface area contributed by atoms with Crippen molar-refractivity contribution in [3.8, 4) is 5.75 Å². The maximum atomic E-state index is 11.2. The molecule has 0 saturated carbocycles. The van der Waals surface area contributed by atoms with Crippen molar-refractivity contribution >= 4 is 22.0 Å². The van der Waals surface area contributed by atoms with Gasteiger partial charge in [0, 0.05) is 5.02 Å². The Bertz CT molecular complexity index is 399. The molecular weight excluding hydrogens is 240 g/mol. The van der Waals surface area contributed by atoms with Gasteiger partial charge in [0.2, 0.25) is 0 Å². The summed E-state index contributed by atoms with van der Waals surface area (Å²) in [5.74, 6) is 0.176. The molecule has 0 aliphatic carbocycles. The van der Waals surface area contributed by atoms with Crippen molar-refractivity contribution in [2.24, 2.45) is 0 Å². The van der Waals surface area contributed by atoms with Crippen molar-refractivity contribution in [1.82, 2.24) is 0 Å². The summed E-state index contributed by atoms with van der Waals surface area (Å²) in [5.41, 5.74) is 0. The zero-order chi connectivity index (χ0) is 11.3. The van der Waals surface area contributed by atoms with Gasteiger partial charge in [-0.3, -0.25) is 0 Å². The van der Waals surface area contributed by atoms with Crippen LogP contribution in [0.15, 0.2) is 24.3 Å². The molecule has 0 saturated heterocycles. The molecule has 0 N–H and O–H groups in total. The van der Waals surface area contributed by atoms with Crippen LogP contribution in [-0.4, -0.2) is 15.0 Å². The van der Waals surface area contributed by atoms with Crippen LogP contribution in [0.3, 0.4) is 0 Å². The van der Waals surface area contributed by atoms with E-state index in [0.29, 0.717) is 11.4 Å². The van der Waals surface area contributed by atoms with E-state index in [2.05, 4.69) is 8.37 Å². The standard InChI is InChI=1S/C9H11ClO4S/c1-2-7-13-15(11,12)14-9-5-3-8(10)4-6-9/h3-6H,2,7H2,1H3. The van der Waals surface area contributed by atoms with Crippen molar-refractivity contribution in [3.05, 3.63) is 29.3 Å². The van der Waals surface area contributed by atoms with Crippen LogP contribution in [0.4, 0.5) is 0 Å². The van der Waals surface area contributed by atoms with Gasteiger partial charge in [-0.1, -0.05) is 18.5 Å². The molecular formula is C9H11ClO4S. The van der Waals surface area contributed by atoms with E-state index in [1.807, 2.05) is 0 Å². The second kappa shape index (κ2) is 5.34. The third-order valence-corrected chi connectivity index (χ3v) is 2.55. The lowest BCUT2D eigenvalue weighted by Crippen LogP contribution is -2.13. The topological polar surface area (TPSA) is 52.6 Å². The van der Waals surface area contributed by atoms with Crippen LogP contribution in [0.2, 0.25) is 5.02 Å². The summed E-state index contributed by atoms with van der Waals surface area (Å²) in [5, 5.41) is 0.509. The van der Waals surface area contributed by atoms with Crippen LogP contribution >= 0.6 is 11.6 Å². The largest absolute Gasteiger partial charge is 0.449 e. The fourth-order valence-corrected chi connectivity index (χ4v) is 1.71. The van der Waals surface area contributed by atoms with E-state index in [1.165, 1.54) is 24.3 Å². The maximum absolute atomic E-state index is 11.2. The van der Waals surface area contributed by atoms with E-state index in [-0.39, 0.29) is 12.4 Å². The summed E-state index contributed by atoms with van der Waals surface area (Å²) in [6, 6.07) is 5.98. The van der Waals surface area contributed by atoms with E-state index in [9.17, 15) is 8.42 Å². The molecule has 6 heteroatoms. The van der Waals surface area contributed by atoms with Gasteiger partial charge in [0.25, 0.3) is 0 Å². The monoisotopic (exact) mass is 250 g/mol. The molecule has 0 spiro atoms. The molecule has 0 aliphatic rings. The number of halogens is 1. The molecule has 0 heterocycles. The normalized spacial score (nSPS) is 11.3. The van der Waals surface area contributed by atoms with Crippen molar-refractivity contribution in [1.29, 1.82) is 0 Å². The van der Waals surface area contributed by atoms with Gasteiger partial charge in [0.1, 0.15) is 5.75 Å². The molecule has 0 aliphatic heterocycles. The summed E-state index contributed by atoms with van der Waals surface area (Å²) in [7, 11) is -3.95. The third-order valence-electron chi connectivity index (χ3n) is 1.44. The first-order valence-corrected chi connectivity index (χ1v) is 6.09. The van der Waals surface area contributed by atoms with E-state index >= 15 is 0 Å². The molecule has 15 heavy (non-hydrogen) atoms. The Kier molecular flexibility index (Phi) is 4.38. The van der Waals surface area contributed by atoms with Crippen molar-refractivity contribution in [3.63, 3.8) is 0 Å². The predicted molar refractivity (Wildman–Crippen MR) is 57.2 cm³/mol. The van der Waals surface area contributed by atoms with Crippen molar-refractivity contribution in [2.75, 3.05) is 6.61 Å². The Morgan fingerprint density at radius 1 is 1.27 bits per heavy atom. The summed E-state index contributed by atoms with van der Waals surface area (Å²) in [6.07, 6.45) is 0.600. The smallest absolute Gasteiger partial charge is 0.362 e. The average Bonchev–Trinajstić information content (AvgIpc) is 2.18. The molecule has 1 aromatic carbocycles. The van der Waals surface area contributed by atoms with Gasteiger partial charge in [0.05, 0.1) is 6.61 Å². The predicted octanol–water partition coefficient (Wildman–Crippen LogP) is 2.39. The first-order valence-electron chi connectivity index (χ1n) is 4.38. The molecule has 4 nitrogen and oxygen atoms in total. The van der Waals surface area contributed by atoms with Crippen molar-refractivity contribution in [2.45, 2.75) is 13.3 Å². The van der Waals surface area contributed by atoms with E-state index < -0.39 is 10.4 Å². The number of benzene rings is 1. The van der Waals surface area contributed by atoms with Gasteiger partial charge in [0.15, 0.2) is 0 Å². The second-order valence-electron chi connectivity index (χ2n) is 2.77. The van der Waals surface area contributed by atoms with Crippen LogP contribution in [0, 0.1) is 0 Å². The van der Waals surface area contributed by atoms with Crippen LogP contribution in [-0.2, 0) is 14.6 Å². The summed E-state index contributed by atoms with van der Waals surface area (Å²) in [6.45, 7) is 1.91. The maximum Gasteiger partial charge on any atom is 0.449 e. The van der Waals surface area contributed by atoms with Gasteiger partial charge < -0.3 is 4.18 Å². The minimum absolute atomic E-state index is 0.107. The Morgan fingerprint density at radius 2 is 1.87 bits per heavy atom. The fourth-order valence-electron chi connectivity index (χ4n) is 0.817. The molecule has 0 fully saturated rings. The highest BCUT2D eigenvalue weighted by molar-refractivity contribution is 7.82. The van der Waals surface area contributed by atoms with Gasteiger partial charge in [-0.05, 0) is 30.7 Å². The number of hydrogen-bond donors (Lipinski definition) is 0. The third kappa shape index (κ3) is 4.51. The average molecular weight is 251 g/mol. The first kappa shape index (κ1) is 12.3. The van der Waals surface area contributed by atoms with Gasteiger partial charge in [-0.2, -0.15) is 8.42 Å². The molecule has 0 bridgehead atoms. The molecule has 0 radical (unpaired) electrons. The molecule has 84 valence electrons. The lowest BCUT2D eigenvalue weighted by Gasteiger charge is -2.05. The van der Waals surface area contributed by atoms with Crippen LogP contribution in [0.5, 0.6) is 5.75 Å². The van der Waals surface area contributed by atoms with Gasteiger partial charge >= 0.3 is 10.4 Å². The SMILES string of the molecule is CCCOS(=O)(=O)Oc1ccc(Cl)cc1. The lowest BCUT2D eigenvalue weighted by atomic mass is 10.3. The zero-order valence-electron chi connectivity index (χ0n) is 8.14. The Hall–Kier alpha value is -0.780. The van der Waals surface area contributed by atoms with E-state index in [4.69, 9.17) is 11.6 Å². The Morgan fingerprint density at radius 3 is 2.40 bits per heavy atom. The van der Waals surface area contributed by atoms with Crippen molar-refractivity contribution < 1.29 is 16.8 Å². The highest BCUT2D eigenvalue weighted by Gasteiger charge is 2.12. The summed E-state index contributed by atoms with van der Waals surface area (Å²) < 4.78 is 31.5. The quantitative estimate of drug-likeness (QED) is 0.805. The van der Waals surface area contributed by atoms with Crippen LogP contribution in [0.25, 0.3) is 0 Å². The molecule has 0 aromatic heterocycles. The van der Waals surface area contributed by atoms with Gasteiger partial charge in [-0.25, -0.2) is 4.18 Å². The summed E-state index contributed by atoms with van der Waals surface area (Å²) in [4.78, 5) is 0. The Balaban J connectivity index is 2.65. The minimum Gasteiger partial charge on any atom is -0.362 e. The van der Waals surface area contributed by atoms with Crippen LogP contribution < -0.4 is 4.18 Å². The Labute approximate surface area is 94.1 Å². The lowest BCUT2D eigenvalue weighted by molar-refractivity contribution is 0.273. The zero-order valence-corrected chi connectivity index (χ0v) is 9.72.